The van der Waals surface area contributed by atoms with Crippen molar-refractivity contribution in [2.24, 2.45) is 21.7 Å². The highest BCUT2D eigenvalue weighted by molar-refractivity contribution is 6.30. The Labute approximate surface area is 132 Å². The van der Waals surface area contributed by atoms with E-state index in [0.717, 1.165) is 5.56 Å². The molecule has 0 saturated heterocycles. The number of benzene rings is 2. The van der Waals surface area contributed by atoms with Gasteiger partial charge in [0.2, 0.25) is 5.96 Å². The summed E-state index contributed by atoms with van der Waals surface area (Å²) in [5.41, 5.74) is 11.5. The van der Waals surface area contributed by atoms with Crippen LogP contribution in [0.5, 0.6) is 5.75 Å². The molecular formula is C15H14ClFN4O. The fraction of sp³-hybridized carbons (Fsp3) is 0.0667. The smallest absolute Gasteiger partial charge is 0.211 e. The molecular weight excluding hydrogens is 307 g/mol. The highest BCUT2D eigenvalue weighted by atomic mass is 35.5. The van der Waals surface area contributed by atoms with Gasteiger partial charge in [-0.25, -0.2) is 4.39 Å². The molecule has 0 amide bonds. The molecule has 0 bridgehead atoms. The van der Waals surface area contributed by atoms with Crippen LogP contribution in [-0.4, -0.2) is 12.2 Å². The van der Waals surface area contributed by atoms with Crippen LogP contribution in [0.15, 0.2) is 52.7 Å². The minimum Gasteiger partial charge on any atom is -0.489 e. The van der Waals surface area contributed by atoms with E-state index >= 15 is 0 Å². The fourth-order valence-electron chi connectivity index (χ4n) is 1.61. The van der Waals surface area contributed by atoms with Crippen LogP contribution < -0.4 is 16.2 Å². The predicted molar refractivity (Wildman–Crippen MR) is 85.6 cm³/mol. The van der Waals surface area contributed by atoms with Gasteiger partial charge in [-0.1, -0.05) is 17.7 Å². The Hall–Kier alpha value is -2.60. The van der Waals surface area contributed by atoms with Gasteiger partial charge in [0.05, 0.1) is 6.21 Å². The van der Waals surface area contributed by atoms with Crippen molar-refractivity contribution < 1.29 is 9.13 Å². The van der Waals surface area contributed by atoms with E-state index in [0.29, 0.717) is 16.3 Å². The highest BCUT2D eigenvalue weighted by Gasteiger charge is 2.04. The standard InChI is InChI=1S/C15H14ClFN4O/c16-12-4-3-11(14(17)7-12)9-22-13-5-1-10(2-6-13)8-20-21-15(18)19/h1-8H,9H2,(H4,18,19,21). The number of hydrogen-bond acceptors (Lipinski definition) is 3. The zero-order valence-corrected chi connectivity index (χ0v) is 12.3. The molecule has 0 aromatic heterocycles. The third kappa shape index (κ3) is 4.75. The summed E-state index contributed by atoms with van der Waals surface area (Å²) in [5.74, 6) is 0.100. The predicted octanol–water partition coefficient (Wildman–Crippen LogP) is 2.67. The van der Waals surface area contributed by atoms with Gasteiger partial charge in [-0.15, -0.1) is 5.10 Å². The summed E-state index contributed by atoms with van der Waals surface area (Å²) in [6.07, 6.45) is 1.50. The van der Waals surface area contributed by atoms with Crippen LogP contribution in [0, 0.1) is 5.82 Å². The molecule has 0 atom stereocenters. The largest absolute Gasteiger partial charge is 0.489 e. The second-order valence-electron chi connectivity index (χ2n) is 4.36. The van der Waals surface area contributed by atoms with Crippen molar-refractivity contribution >= 4 is 23.8 Å². The van der Waals surface area contributed by atoms with E-state index in [-0.39, 0.29) is 12.6 Å². The monoisotopic (exact) mass is 320 g/mol. The lowest BCUT2D eigenvalue weighted by molar-refractivity contribution is 0.300. The van der Waals surface area contributed by atoms with Gasteiger partial charge in [-0.05, 0) is 42.0 Å². The van der Waals surface area contributed by atoms with Gasteiger partial charge in [-0.2, -0.15) is 5.10 Å². The molecule has 5 nitrogen and oxygen atoms in total. The van der Waals surface area contributed by atoms with E-state index in [1.54, 1.807) is 36.4 Å². The van der Waals surface area contributed by atoms with Crippen molar-refractivity contribution in [2.45, 2.75) is 6.61 Å². The van der Waals surface area contributed by atoms with Gasteiger partial charge in [0.25, 0.3) is 0 Å². The fourth-order valence-corrected chi connectivity index (χ4v) is 1.77. The highest BCUT2D eigenvalue weighted by Crippen LogP contribution is 2.18. The van der Waals surface area contributed by atoms with E-state index in [2.05, 4.69) is 10.2 Å². The molecule has 0 spiro atoms. The molecule has 7 heteroatoms. The van der Waals surface area contributed by atoms with E-state index in [1.165, 1.54) is 12.3 Å². The molecule has 114 valence electrons. The molecule has 22 heavy (non-hydrogen) atoms. The molecule has 0 unspecified atom stereocenters. The lowest BCUT2D eigenvalue weighted by atomic mass is 10.2. The molecule has 0 aliphatic rings. The normalized spacial score (nSPS) is 10.6. The van der Waals surface area contributed by atoms with Crippen LogP contribution >= 0.6 is 11.6 Å². The van der Waals surface area contributed by atoms with E-state index in [4.69, 9.17) is 27.8 Å². The maximum Gasteiger partial charge on any atom is 0.211 e. The Balaban J connectivity index is 1.96. The number of nitrogens with two attached hydrogens (primary N) is 2. The van der Waals surface area contributed by atoms with Gasteiger partial charge >= 0.3 is 0 Å². The number of halogens is 2. The first-order valence-electron chi connectivity index (χ1n) is 6.33. The second kappa shape index (κ2) is 7.42. The van der Waals surface area contributed by atoms with Crippen molar-refractivity contribution in [2.75, 3.05) is 0 Å². The molecule has 0 aliphatic carbocycles. The van der Waals surface area contributed by atoms with Crippen molar-refractivity contribution in [3.05, 3.63) is 64.4 Å². The number of guanidine groups is 1. The van der Waals surface area contributed by atoms with Crippen LogP contribution in [-0.2, 0) is 6.61 Å². The summed E-state index contributed by atoms with van der Waals surface area (Å²) in [5, 5.41) is 7.54. The van der Waals surface area contributed by atoms with Gasteiger partial charge < -0.3 is 16.2 Å². The van der Waals surface area contributed by atoms with Crippen LogP contribution in [0.3, 0.4) is 0 Å². The lowest BCUT2D eigenvalue weighted by Crippen LogP contribution is -2.21. The van der Waals surface area contributed by atoms with Crippen LogP contribution in [0.1, 0.15) is 11.1 Å². The summed E-state index contributed by atoms with van der Waals surface area (Å²) < 4.78 is 19.1. The third-order valence-electron chi connectivity index (χ3n) is 2.67. The van der Waals surface area contributed by atoms with Crippen molar-refractivity contribution in [3.63, 3.8) is 0 Å². The average Bonchev–Trinajstić information content (AvgIpc) is 2.47. The molecule has 2 aromatic rings. The molecule has 2 rings (SSSR count). The number of ether oxygens (including phenoxy) is 1. The summed E-state index contributed by atoms with van der Waals surface area (Å²) in [7, 11) is 0. The van der Waals surface area contributed by atoms with Gasteiger partial charge in [-0.3, -0.25) is 0 Å². The molecule has 4 N–H and O–H groups in total. The second-order valence-corrected chi connectivity index (χ2v) is 4.80. The minimum absolute atomic E-state index is 0.110. The quantitative estimate of drug-likeness (QED) is 0.504. The van der Waals surface area contributed by atoms with Gasteiger partial charge in [0.15, 0.2) is 0 Å². The van der Waals surface area contributed by atoms with E-state index in [9.17, 15) is 4.39 Å². The first-order chi connectivity index (χ1) is 10.5. The minimum atomic E-state index is -0.395. The number of nitrogens with zero attached hydrogens (tertiary/aromatic N) is 2. The maximum atomic E-state index is 13.6. The Bertz CT molecular complexity index is 697. The topological polar surface area (TPSA) is 86.0 Å². The lowest BCUT2D eigenvalue weighted by Gasteiger charge is -2.07. The van der Waals surface area contributed by atoms with Gasteiger partial charge in [0, 0.05) is 10.6 Å². The third-order valence-corrected chi connectivity index (χ3v) is 2.90. The van der Waals surface area contributed by atoms with Crippen LogP contribution in [0.25, 0.3) is 0 Å². The summed E-state index contributed by atoms with van der Waals surface area (Å²) in [6.45, 7) is 0.116. The zero-order chi connectivity index (χ0) is 15.9. The van der Waals surface area contributed by atoms with E-state index < -0.39 is 5.82 Å². The van der Waals surface area contributed by atoms with E-state index in [1.807, 2.05) is 0 Å². The zero-order valence-electron chi connectivity index (χ0n) is 11.5. The first kappa shape index (κ1) is 15.8. The molecule has 0 aliphatic heterocycles. The Morgan fingerprint density at radius 2 is 1.91 bits per heavy atom. The average molecular weight is 321 g/mol. The molecule has 0 saturated carbocycles. The maximum absolute atomic E-state index is 13.6. The summed E-state index contributed by atoms with van der Waals surface area (Å²) in [4.78, 5) is 0. The van der Waals surface area contributed by atoms with Crippen molar-refractivity contribution in [1.29, 1.82) is 0 Å². The van der Waals surface area contributed by atoms with Crippen LogP contribution in [0.4, 0.5) is 4.39 Å². The molecule has 0 radical (unpaired) electrons. The number of hydrogen-bond donors (Lipinski definition) is 2. The number of rotatable bonds is 5. The van der Waals surface area contributed by atoms with Crippen molar-refractivity contribution in [3.8, 4) is 5.75 Å². The molecule has 0 fully saturated rings. The Kier molecular flexibility index (Phi) is 5.32. The summed E-state index contributed by atoms with van der Waals surface area (Å²) >= 11 is 5.69. The van der Waals surface area contributed by atoms with Crippen LogP contribution in [0.2, 0.25) is 5.02 Å². The first-order valence-corrected chi connectivity index (χ1v) is 6.71. The molecule has 2 aromatic carbocycles. The summed E-state index contributed by atoms with van der Waals surface area (Å²) in [6, 6.07) is 11.5. The molecule has 0 heterocycles. The van der Waals surface area contributed by atoms with Crippen molar-refractivity contribution in [1.82, 2.24) is 0 Å². The Morgan fingerprint density at radius 3 is 2.55 bits per heavy atom. The van der Waals surface area contributed by atoms with Gasteiger partial charge in [0.1, 0.15) is 18.2 Å². The SMILES string of the molecule is NC(N)=NN=Cc1ccc(OCc2ccc(Cl)cc2F)cc1. The Morgan fingerprint density at radius 1 is 1.18 bits per heavy atom.